The summed E-state index contributed by atoms with van der Waals surface area (Å²) in [5.41, 5.74) is -2.86. The van der Waals surface area contributed by atoms with Crippen LogP contribution in [0.15, 0.2) is 23.1 Å². The molecule has 0 amide bonds. The van der Waals surface area contributed by atoms with Crippen LogP contribution < -0.4 is 5.56 Å². The van der Waals surface area contributed by atoms with Crippen molar-refractivity contribution in [2.24, 2.45) is 0 Å². The topological polar surface area (TPSA) is 135 Å². The van der Waals surface area contributed by atoms with Gasteiger partial charge in [-0.15, -0.1) is 0 Å². The maximum atomic E-state index is 11.8. The molecule has 2 heterocycles. The molecule has 4 unspecified atom stereocenters. The highest BCUT2D eigenvalue weighted by atomic mass is 16.6. The first-order chi connectivity index (χ1) is 9.28. The molecule has 0 saturated carbocycles. The normalized spacial score (nSPS) is 33.3. The molecule has 0 spiro atoms. The Morgan fingerprint density at radius 1 is 1.55 bits per heavy atom. The first-order valence-electron chi connectivity index (χ1n) is 5.82. The van der Waals surface area contributed by atoms with Gasteiger partial charge < -0.3 is 20.1 Å². The Bertz CT molecular complexity index is 582. The number of hydrogen-bond acceptors (Lipinski definition) is 7. The molecule has 1 fully saturated rings. The second kappa shape index (κ2) is 4.94. The van der Waals surface area contributed by atoms with Crippen molar-refractivity contribution in [2.75, 3.05) is 6.61 Å². The van der Waals surface area contributed by atoms with Crippen molar-refractivity contribution < 1.29 is 25.0 Å². The number of hydrogen-bond donors (Lipinski definition) is 3. The molecule has 1 aromatic rings. The summed E-state index contributed by atoms with van der Waals surface area (Å²) in [6.07, 6.45) is -2.92. The van der Waals surface area contributed by atoms with E-state index in [1.165, 1.54) is 6.92 Å². The summed E-state index contributed by atoms with van der Waals surface area (Å²) in [6.45, 7) is 0.667. The van der Waals surface area contributed by atoms with Crippen LogP contribution in [0.5, 0.6) is 0 Å². The SMILES string of the molecule is CC1(O)C(O)C(CO)OC1n1cc([N+](=O)[O-])ccc1=O. The van der Waals surface area contributed by atoms with Gasteiger partial charge in [0.2, 0.25) is 0 Å². The van der Waals surface area contributed by atoms with Gasteiger partial charge in [-0.05, 0) is 6.92 Å². The molecule has 110 valence electrons. The summed E-state index contributed by atoms with van der Waals surface area (Å²) in [7, 11) is 0. The highest BCUT2D eigenvalue weighted by Gasteiger charge is 2.53. The lowest BCUT2D eigenvalue weighted by molar-refractivity contribution is -0.385. The van der Waals surface area contributed by atoms with E-state index >= 15 is 0 Å². The molecule has 1 saturated heterocycles. The van der Waals surface area contributed by atoms with Gasteiger partial charge in [-0.2, -0.15) is 0 Å². The van der Waals surface area contributed by atoms with Gasteiger partial charge in [-0.3, -0.25) is 19.5 Å². The smallest absolute Gasteiger partial charge is 0.285 e. The van der Waals surface area contributed by atoms with E-state index in [9.17, 15) is 25.1 Å². The van der Waals surface area contributed by atoms with E-state index in [1.807, 2.05) is 0 Å². The third kappa shape index (κ3) is 2.20. The molecule has 3 N–H and O–H groups in total. The monoisotopic (exact) mass is 286 g/mol. The Morgan fingerprint density at radius 3 is 2.70 bits per heavy atom. The molecule has 1 aromatic heterocycles. The molecule has 1 aliphatic heterocycles. The molecule has 4 atom stereocenters. The first-order valence-corrected chi connectivity index (χ1v) is 5.82. The lowest BCUT2D eigenvalue weighted by Crippen LogP contribution is -2.45. The molecular formula is C11H14N2O7. The van der Waals surface area contributed by atoms with Crippen LogP contribution in [0.25, 0.3) is 0 Å². The molecule has 0 aromatic carbocycles. The molecule has 9 nitrogen and oxygen atoms in total. The summed E-state index contributed by atoms with van der Waals surface area (Å²) < 4.78 is 6.06. The van der Waals surface area contributed by atoms with Crippen LogP contribution in [0.2, 0.25) is 0 Å². The van der Waals surface area contributed by atoms with E-state index < -0.39 is 41.1 Å². The highest BCUT2D eigenvalue weighted by Crippen LogP contribution is 2.37. The zero-order valence-electron chi connectivity index (χ0n) is 10.5. The summed E-state index contributed by atoms with van der Waals surface area (Å²) >= 11 is 0. The van der Waals surface area contributed by atoms with Gasteiger partial charge in [-0.25, -0.2) is 0 Å². The Kier molecular flexibility index (Phi) is 3.61. The van der Waals surface area contributed by atoms with E-state index in [0.29, 0.717) is 0 Å². The summed E-state index contributed by atoms with van der Waals surface area (Å²) in [5, 5.41) is 39.8. The van der Waals surface area contributed by atoms with Crippen molar-refractivity contribution in [2.45, 2.75) is 31.0 Å². The van der Waals surface area contributed by atoms with Crippen molar-refractivity contribution in [1.29, 1.82) is 0 Å². The molecule has 9 heteroatoms. The fourth-order valence-electron chi connectivity index (χ4n) is 2.17. The third-order valence-electron chi connectivity index (χ3n) is 3.32. The van der Waals surface area contributed by atoms with Crippen molar-refractivity contribution in [1.82, 2.24) is 4.57 Å². The molecule has 2 rings (SSSR count). The van der Waals surface area contributed by atoms with Gasteiger partial charge in [0.1, 0.15) is 17.8 Å². The molecule has 0 bridgehead atoms. The van der Waals surface area contributed by atoms with E-state index in [2.05, 4.69) is 0 Å². The maximum absolute atomic E-state index is 11.8. The minimum absolute atomic E-state index is 0.356. The van der Waals surface area contributed by atoms with Gasteiger partial charge in [0.15, 0.2) is 6.23 Å². The van der Waals surface area contributed by atoms with Crippen LogP contribution in [0, 0.1) is 10.1 Å². The van der Waals surface area contributed by atoms with Crippen LogP contribution in [0.4, 0.5) is 5.69 Å². The van der Waals surface area contributed by atoms with Crippen molar-refractivity contribution in [3.63, 3.8) is 0 Å². The molecular weight excluding hydrogens is 272 g/mol. The Balaban J connectivity index is 2.48. The van der Waals surface area contributed by atoms with Crippen molar-refractivity contribution in [3.8, 4) is 0 Å². The first kappa shape index (κ1) is 14.6. The van der Waals surface area contributed by atoms with Crippen LogP contribution >= 0.6 is 0 Å². The zero-order chi connectivity index (χ0) is 15.1. The van der Waals surface area contributed by atoms with Gasteiger partial charge in [0.05, 0.1) is 17.7 Å². The van der Waals surface area contributed by atoms with Crippen molar-refractivity contribution >= 4 is 5.69 Å². The average Bonchev–Trinajstić information content (AvgIpc) is 2.61. The number of aliphatic hydroxyl groups excluding tert-OH is 2. The largest absolute Gasteiger partial charge is 0.394 e. The van der Waals surface area contributed by atoms with Crippen LogP contribution in [0.1, 0.15) is 13.2 Å². The van der Waals surface area contributed by atoms with E-state index in [1.54, 1.807) is 0 Å². The summed E-state index contributed by atoms with van der Waals surface area (Å²) in [5.74, 6) is 0. The predicted molar refractivity (Wildman–Crippen MR) is 65.0 cm³/mol. The standard InChI is InChI=1S/C11H14N2O7/c1-11(17)9(16)7(5-14)20-10(11)12-4-6(13(18)19)2-3-8(12)15/h2-4,7,9-10,14,16-17H,5H2,1H3. The molecule has 0 aliphatic carbocycles. The maximum Gasteiger partial charge on any atom is 0.285 e. The predicted octanol–water partition coefficient (Wildman–Crippen LogP) is -1.24. The number of nitrogens with zero attached hydrogens (tertiary/aromatic N) is 2. The van der Waals surface area contributed by atoms with Gasteiger partial charge in [0.25, 0.3) is 11.2 Å². The van der Waals surface area contributed by atoms with Crippen LogP contribution in [-0.4, -0.2) is 49.2 Å². The Hall–Kier alpha value is -1.81. The molecule has 1 aliphatic rings. The molecule has 20 heavy (non-hydrogen) atoms. The van der Waals surface area contributed by atoms with E-state index in [-0.39, 0.29) is 5.69 Å². The number of nitro groups is 1. The number of rotatable bonds is 3. The van der Waals surface area contributed by atoms with Crippen LogP contribution in [-0.2, 0) is 4.74 Å². The number of aromatic nitrogens is 1. The van der Waals surface area contributed by atoms with Crippen molar-refractivity contribution in [3.05, 3.63) is 38.8 Å². The zero-order valence-corrected chi connectivity index (χ0v) is 10.5. The lowest BCUT2D eigenvalue weighted by atomic mass is 9.96. The minimum atomic E-state index is -1.87. The van der Waals surface area contributed by atoms with Crippen LogP contribution in [0.3, 0.4) is 0 Å². The molecule has 0 radical (unpaired) electrons. The number of aliphatic hydroxyl groups is 3. The Labute approximate surface area is 112 Å². The lowest BCUT2D eigenvalue weighted by Gasteiger charge is -2.27. The average molecular weight is 286 g/mol. The van der Waals surface area contributed by atoms with E-state index in [4.69, 9.17) is 9.84 Å². The second-order valence-corrected chi connectivity index (χ2v) is 4.77. The minimum Gasteiger partial charge on any atom is -0.394 e. The summed E-state index contributed by atoms with van der Waals surface area (Å²) in [4.78, 5) is 21.8. The third-order valence-corrected chi connectivity index (χ3v) is 3.32. The van der Waals surface area contributed by atoms with E-state index in [0.717, 1.165) is 22.9 Å². The fraction of sp³-hybridized carbons (Fsp3) is 0.545. The van der Waals surface area contributed by atoms with Gasteiger partial charge in [0, 0.05) is 12.1 Å². The van der Waals surface area contributed by atoms with Gasteiger partial charge >= 0.3 is 0 Å². The highest BCUT2D eigenvalue weighted by molar-refractivity contribution is 5.25. The fourth-order valence-corrected chi connectivity index (χ4v) is 2.17. The van der Waals surface area contributed by atoms with Gasteiger partial charge in [-0.1, -0.05) is 0 Å². The quantitative estimate of drug-likeness (QED) is 0.467. The summed E-state index contributed by atoms with van der Waals surface area (Å²) in [6, 6.07) is 2.00. The number of ether oxygens (including phenoxy) is 1. The second-order valence-electron chi connectivity index (χ2n) is 4.77. The Morgan fingerprint density at radius 2 is 2.20 bits per heavy atom. The number of pyridine rings is 1.